The first-order valence-electron chi connectivity index (χ1n) is 9.90. The maximum absolute atomic E-state index is 13.4. The molecule has 0 aliphatic carbocycles. The van der Waals surface area contributed by atoms with Gasteiger partial charge in [-0.2, -0.15) is 5.10 Å². The number of aromatic amines is 1. The lowest BCUT2D eigenvalue weighted by Gasteiger charge is -2.45. The average molecular weight is 392 g/mol. The van der Waals surface area contributed by atoms with Crippen molar-refractivity contribution in [3.8, 4) is 0 Å². The Bertz CT molecular complexity index is 952. The summed E-state index contributed by atoms with van der Waals surface area (Å²) in [6.07, 6.45) is 2.00. The molecular formula is C23H25FN4O. The number of nitrogens with zero attached hydrogens (tertiary/aromatic N) is 3. The molecule has 3 aromatic rings. The SMILES string of the molecule is CC(c1ccccc1)(c1ccn[nH]1)N1CCN(C(=O)Cc2cccc(F)c2)CC1. The van der Waals surface area contributed by atoms with Crippen molar-refractivity contribution in [2.24, 2.45) is 0 Å². The highest BCUT2D eigenvalue weighted by Gasteiger charge is 2.39. The van der Waals surface area contributed by atoms with Crippen molar-refractivity contribution in [2.75, 3.05) is 26.2 Å². The van der Waals surface area contributed by atoms with Crippen LogP contribution in [0.1, 0.15) is 23.7 Å². The summed E-state index contributed by atoms with van der Waals surface area (Å²) in [7, 11) is 0. The fourth-order valence-electron chi connectivity index (χ4n) is 4.13. The van der Waals surface area contributed by atoms with E-state index < -0.39 is 0 Å². The van der Waals surface area contributed by atoms with Gasteiger partial charge in [-0.05, 0) is 36.2 Å². The molecular weight excluding hydrogens is 367 g/mol. The maximum Gasteiger partial charge on any atom is 0.227 e. The molecule has 4 rings (SSSR count). The number of carbonyl (C=O) groups is 1. The Labute approximate surface area is 170 Å². The molecule has 0 saturated carbocycles. The lowest BCUT2D eigenvalue weighted by atomic mass is 9.86. The van der Waals surface area contributed by atoms with Gasteiger partial charge in [-0.3, -0.25) is 14.8 Å². The predicted molar refractivity (Wildman–Crippen MR) is 110 cm³/mol. The van der Waals surface area contributed by atoms with Crippen molar-refractivity contribution < 1.29 is 9.18 Å². The molecule has 1 atom stereocenters. The van der Waals surface area contributed by atoms with E-state index in [1.54, 1.807) is 18.3 Å². The zero-order chi connectivity index (χ0) is 20.3. The van der Waals surface area contributed by atoms with Gasteiger partial charge < -0.3 is 4.90 Å². The molecule has 1 fully saturated rings. The number of rotatable bonds is 5. The van der Waals surface area contributed by atoms with E-state index in [1.165, 1.54) is 17.7 Å². The quantitative estimate of drug-likeness (QED) is 0.726. The molecule has 0 spiro atoms. The van der Waals surface area contributed by atoms with Crippen LogP contribution in [0.25, 0.3) is 0 Å². The topological polar surface area (TPSA) is 52.2 Å². The van der Waals surface area contributed by atoms with E-state index in [0.29, 0.717) is 18.7 Å². The third-order valence-corrected chi connectivity index (χ3v) is 5.87. The maximum atomic E-state index is 13.4. The summed E-state index contributed by atoms with van der Waals surface area (Å²) >= 11 is 0. The van der Waals surface area contributed by atoms with Gasteiger partial charge in [0, 0.05) is 32.4 Å². The fraction of sp³-hybridized carbons (Fsp3) is 0.304. The predicted octanol–water partition coefficient (Wildman–Crippen LogP) is 3.20. The summed E-state index contributed by atoms with van der Waals surface area (Å²) in [5.41, 5.74) is 2.58. The van der Waals surface area contributed by atoms with Crippen LogP contribution in [0.2, 0.25) is 0 Å². The van der Waals surface area contributed by atoms with Crippen molar-refractivity contribution in [3.05, 3.63) is 89.5 Å². The molecule has 1 aliphatic heterocycles. The highest BCUT2D eigenvalue weighted by molar-refractivity contribution is 5.78. The van der Waals surface area contributed by atoms with E-state index in [2.05, 4.69) is 34.2 Å². The lowest BCUT2D eigenvalue weighted by molar-refractivity contribution is -0.133. The van der Waals surface area contributed by atoms with Crippen LogP contribution in [-0.4, -0.2) is 52.1 Å². The first-order chi connectivity index (χ1) is 14.1. The second-order valence-corrected chi connectivity index (χ2v) is 7.58. The van der Waals surface area contributed by atoms with E-state index in [4.69, 9.17) is 0 Å². The van der Waals surface area contributed by atoms with Gasteiger partial charge in [0.05, 0.1) is 17.7 Å². The molecule has 2 heterocycles. The Morgan fingerprint density at radius 3 is 2.48 bits per heavy atom. The molecule has 29 heavy (non-hydrogen) atoms. The third kappa shape index (κ3) is 3.93. The summed E-state index contributed by atoms with van der Waals surface area (Å²) in [6, 6.07) is 18.6. The van der Waals surface area contributed by atoms with E-state index in [9.17, 15) is 9.18 Å². The molecule has 1 saturated heterocycles. The number of aromatic nitrogens is 2. The zero-order valence-corrected chi connectivity index (χ0v) is 16.5. The molecule has 1 N–H and O–H groups in total. The monoisotopic (exact) mass is 392 g/mol. The van der Waals surface area contributed by atoms with Crippen molar-refractivity contribution >= 4 is 5.91 Å². The van der Waals surface area contributed by atoms with E-state index >= 15 is 0 Å². The van der Waals surface area contributed by atoms with Crippen LogP contribution >= 0.6 is 0 Å². The Balaban J connectivity index is 1.48. The standard InChI is InChI=1S/C23H25FN4O/c1-23(21-10-11-25-26-21,19-7-3-2-4-8-19)28-14-12-27(13-15-28)22(29)17-18-6-5-9-20(24)16-18/h2-11,16H,12-15,17H2,1H3,(H,25,26). The Kier molecular flexibility index (Phi) is 5.45. The smallest absolute Gasteiger partial charge is 0.227 e. The van der Waals surface area contributed by atoms with Crippen LogP contribution in [-0.2, 0) is 16.8 Å². The van der Waals surface area contributed by atoms with Crippen LogP contribution in [0.3, 0.4) is 0 Å². The molecule has 0 bridgehead atoms. The van der Waals surface area contributed by atoms with Crippen LogP contribution in [0.4, 0.5) is 4.39 Å². The van der Waals surface area contributed by atoms with Crippen molar-refractivity contribution in [3.63, 3.8) is 0 Å². The summed E-state index contributed by atoms with van der Waals surface area (Å²) in [5.74, 6) is -0.267. The summed E-state index contributed by atoms with van der Waals surface area (Å²) in [4.78, 5) is 17.0. The van der Waals surface area contributed by atoms with Crippen molar-refractivity contribution in [1.29, 1.82) is 0 Å². The van der Waals surface area contributed by atoms with Gasteiger partial charge in [0.25, 0.3) is 0 Å². The fourth-order valence-corrected chi connectivity index (χ4v) is 4.13. The molecule has 0 radical (unpaired) electrons. The molecule has 6 heteroatoms. The second kappa shape index (κ2) is 8.17. The van der Waals surface area contributed by atoms with E-state index in [-0.39, 0.29) is 23.7 Å². The second-order valence-electron chi connectivity index (χ2n) is 7.58. The van der Waals surface area contributed by atoms with Crippen LogP contribution in [0.15, 0.2) is 66.9 Å². The largest absolute Gasteiger partial charge is 0.340 e. The van der Waals surface area contributed by atoms with Crippen LogP contribution < -0.4 is 0 Å². The summed E-state index contributed by atoms with van der Waals surface area (Å²) in [5, 5.41) is 7.30. The number of amides is 1. The van der Waals surface area contributed by atoms with Gasteiger partial charge in [0.2, 0.25) is 5.91 Å². The summed E-state index contributed by atoms with van der Waals surface area (Å²) in [6.45, 7) is 4.98. The number of benzene rings is 2. The highest BCUT2D eigenvalue weighted by atomic mass is 19.1. The number of halogens is 1. The normalized spacial score (nSPS) is 17.1. The molecule has 1 unspecified atom stereocenters. The van der Waals surface area contributed by atoms with Gasteiger partial charge in [-0.1, -0.05) is 42.5 Å². The van der Waals surface area contributed by atoms with Gasteiger partial charge >= 0.3 is 0 Å². The highest BCUT2D eigenvalue weighted by Crippen LogP contribution is 2.35. The van der Waals surface area contributed by atoms with Gasteiger partial charge in [-0.25, -0.2) is 4.39 Å². The van der Waals surface area contributed by atoms with Crippen LogP contribution in [0, 0.1) is 5.82 Å². The first kappa shape index (κ1) is 19.3. The minimum Gasteiger partial charge on any atom is -0.340 e. The number of hydrogen-bond acceptors (Lipinski definition) is 3. The van der Waals surface area contributed by atoms with Crippen LogP contribution in [0.5, 0.6) is 0 Å². The number of hydrogen-bond donors (Lipinski definition) is 1. The Hall–Kier alpha value is -2.99. The number of nitrogens with one attached hydrogen (secondary N) is 1. The van der Waals surface area contributed by atoms with Gasteiger partial charge in [0.15, 0.2) is 0 Å². The first-order valence-corrected chi connectivity index (χ1v) is 9.90. The minimum absolute atomic E-state index is 0.0400. The average Bonchev–Trinajstić information content (AvgIpc) is 3.29. The zero-order valence-electron chi connectivity index (χ0n) is 16.5. The minimum atomic E-state index is -0.352. The molecule has 1 amide bonds. The number of H-pyrrole nitrogens is 1. The van der Waals surface area contributed by atoms with Gasteiger partial charge in [0.1, 0.15) is 5.82 Å². The molecule has 1 aromatic heterocycles. The van der Waals surface area contributed by atoms with Crippen molar-refractivity contribution in [2.45, 2.75) is 18.9 Å². The Morgan fingerprint density at radius 1 is 1.07 bits per heavy atom. The van der Waals surface area contributed by atoms with Gasteiger partial charge in [-0.15, -0.1) is 0 Å². The van der Waals surface area contributed by atoms with Crippen molar-refractivity contribution in [1.82, 2.24) is 20.0 Å². The van der Waals surface area contributed by atoms with E-state index in [1.807, 2.05) is 29.2 Å². The van der Waals surface area contributed by atoms with E-state index in [0.717, 1.165) is 18.8 Å². The lowest BCUT2D eigenvalue weighted by Crippen LogP contribution is -2.56. The molecule has 150 valence electrons. The molecule has 5 nitrogen and oxygen atoms in total. The molecule has 2 aromatic carbocycles. The number of piperazine rings is 1. The number of carbonyl (C=O) groups excluding carboxylic acids is 1. The summed E-state index contributed by atoms with van der Waals surface area (Å²) < 4.78 is 13.4. The molecule has 1 aliphatic rings. The Morgan fingerprint density at radius 2 is 1.83 bits per heavy atom. The third-order valence-electron chi connectivity index (χ3n) is 5.87.